The lowest BCUT2D eigenvalue weighted by Crippen LogP contribution is -2.50. The number of nitrogens with zero attached hydrogens (tertiary/aromatic N) is 1. The predicted octanol–water partition coefficient (Wildman–Crippen LogP) is 1.82. The Hall–Kier alpha value is -1.79. The number of amides is 3. The highest BCUT2D eigenvalue weighted by atomic mass is 16.6. The van der Waals surface area contributed by atoms with Gasteiger partial charge in [-0.3, -0.25) is 4.79 Å². The normalized spacial score (nSPS) is 10.2. The van der Waals surface area contributed by atoms with E-state index < -0.39 is 24.2 Å². The lowest BCUT2D eigenvalue weighted by atomic mass is 10.4. The fourth-order valence-corrected chi connectivity index (χ4v) is 0.954. The maximum atomic E-state index is 11.6. The Morgan fingerprint density at radius 2 is 1.56 bits per heavy atom. The number of imide groups is 1. The lowest BCUT2D eigenvalue weighted by molar-refractivity contribution is -0.132. The van der Waals surface area contributed by atoms with Crippen LogP contribution in [0.1, 0.15) is 41.0 Å². The highest BCUT2D eigenvalue weighted by molar-refractivity contribution is 5.93. The number of hydrogen-bond acceptors (Lipinski definition) is 5. The van der Waals surface area contributed by atoms with E-state index in [1.54, 1.807) is 34.6 Å². The molecule has 0 spiro atoms. The summed E-state index contributed by atoms with van der Waals surface area (Å²) in [5.41, 5.74) is 2.05. The average molecular weight is 260 g/mol. The second-order valence-corrected chi connectivity index (χ2v) is 4.08. The Labute approximate surface area is 106 Å². The maximum Gasteiger partial charge on any atom is 0.436 e. The van der Waals surface area contributed by atoms with Crippen LogP contribution in [0.3, 0.4) is 0 Å². The fraction of sp³-hybridized carbons (Fsp3) is 0.727. The van der Waals surface area contributed by atoms with E-state index in [1.807, 2.05) is 0 Å². The Morgan fingerprint density at radius 1 is 1.06 bits per heavy atom. The second-order valence-electron chi connectivity index (χ2n) is 4.08. The molecule has 0 aliphatic carbocycles. The van der Waals surface area contributed by atoms with Crippen molar-refractivity contribution in [1.82, 2.24) is 10.4 Å². The van der Waals surface area contributed by atoms with Crippen molar-refractivity contribution in [3.8, 4) is 0 Å². The molecule has 7 nitrogen and oxygen atoms in total. The van der Waals surface area contributed by atoms with Crippen molar-refractivity contribution < 1.29 is 23.9 Å². The summed E-state index contributed by atoms with van der Waals surface area (Å²) in [6.07, 6.45) is -2.52. The van der Waals surface area contributed by atoms with Gasteiger partial charge in [-0.2, -0.15) is 0 Å². The van der Waals surface area contributed by atoms with Crippen molar-refractivity contribution in [3.05, 3.63) is 0 Å². The van der Waals surface area contributed by atoms with Crippen molar-refractivity contribution in [1.29, 1.82) is 0 Å². The molecule has 7 heteroatoms. The predicted molar refractivity (Wildman–Crippen MR) is 63.5 cm³/mol. The Kier molecular flexibility index (Phi) is 6.77. The highest BCUT2D eigenvalue weighted by Gasteiger charge is 2.25. The molecule has 0 saturated heterocycles. The zero-order chi connectivity index (χ0) is 14.3. The molecule has 0 aromatic carbocycles. The van der Waals surface area contributed by atoms with Crippen LogP contribution in [0.2, 0.25) is 0 Å². The SMILES string of the molecule is CCC(=O)N(NC(=O)OC(C)C)C(=O)OC(C)C. The van der Waals surface area contributed by atoms with Gasteiger partial charge in [0, 0.05) is 6.42 Å². The zero-order valence-corrected chi connectivity index (χ0v) is 11.4. The molecule has 104 valence electrons. The number of carbonyl (C=O) groups is 3. The third kappa shape index (κ3) is 6.07. The summed E-state index contributed by atoms with van der Waals surface area (Å²) < 4.78 is 9.62. The van der Waals surface area contributed by atoms with Gasteiger partial charge in [0.2, 0.25) is 0 Å². The fourth-order valence-electron chi connectivity index (χ4n) is 0.954. The minimum Gasteiger partial charge on any atom is -0.446 e. The van der Waals surface area contributed by atoms with Gasteiger partial charge >= 0.3 is 12.2 Å². The summed E-state index contributed by atoms with van der Waals surface area (Å²) in [5, 5.41) is 0.519. The first-order valence-corrected chi connectivity index (χ1v) is 5.78. The minimum atomic E-state index is -0.933. The summed E-state index contributed by atoms with van der Waals surface area (Å²) in [7, 11) is 0. The van der Waals surface area contributed by atoms with Crippen LogP contribution >= 0.6 is 0 Å². The summed E-state index contributed by atoms with van der Waals surface area (Å²) in [5.74, 6) is -0.582. The van der Waals surface area contributed by atoms with Gasteiger partial charge in [-0.15, -0.1) is 5.01 Å². The molecule has 0 fully saturated rings. The van der Waals surface area contributed by atoms with E-state index in [0.717, 1.165) is 0 Å². The highest BCUT2D eigenvalue weighted by Crippen LogP contribution is 2.00. The molecule has 0 radical (unpaired) electrons. The van der Waals surface area contributed by atoms with Gasteiger partial charge in [-0.25, -0.2) is 15.0 Å². The van der Waals surface area contributed by atoms with Crippen LogP contribution in [0.15, 0.2) is 0 Å². The first kappa shape index (κ1) is 16.2. The monoisotopic (exact) mass is 260 g/mol. The van der Waals surface area contributed by atoms with Crippen LogP contribution < -0.4 is 5.43 Å². The van der Waals surface area contributed by atoms with Gasteiger partial charge in [-0.05, 0) is 27.7 Å². The van der Waals surface area contributed by atoms with Crippen molar-refractivity contribution in [2.45, 2.75) is 53.2 Å². The first-order valence-electron chi connectivity index (χ1n) is 5.78. The van der Waals surface area contributed by atoms with Gasteiger partial charge in [0.05, 0.1) is 12.2 Å². The lowest BCUT2D eigenvalue weighted by Gasteiger charge is -2.21. The standard InChI is InChI=1S/C11H20N2O5/c1-6-9(14)13(11(16)18-8(4)5)12-10(15)17-7(2)3/h7-8H,6H2,1-5H3,(H,12,15). The first-order chi connectivity index (χ1) is 8.27. The largest absolute Gasteiger partial charge is 0.446 e. The van der Waals surface area contributed by atoms with Crippen molar-refractivity contribution in [2.24, 2.45) is 0 Å². The quantitative estimate of drug-likeness (QED) is 0.782. The molecule has 0 unspecified atom stereocenters. The summed E-state index contributed by atoms with van der Waals surface area (Å²) in [6, 6.07) is 0. The van der Waals surface area contributed by atoms with E-state index in [-0.39, 0.29) is 12.5 Å². The van der Waals surface area contributed by atoms with Crippen LogP contribution in [-0.4, -0.2) is 35.3 Å². The molecule has 0 aliphatic rings. The summed E-state index contributed by atoms with van der Waals surface area (Å²) >= 11 is 0. The molecule has 0 heterocycles. The van der Waals surface area contributed by atoms with Crippen molar-refractivity contribution >= 4 is 18.1 Å². The van der Waals surface area contributed by atoms with Gasteiger partial charge in [0.25, 0.3) is 5.91 Å². The van der Waals surface area contributed by atoms with Gasteiger partial charge < -0.3 is 9.47 Å². The molecule has 0 aromatic heterocycles. The summed E-state index contributed by atoms with van der Waals surface area (Å²) in [4.78, 5) is 34.4. The topological polar surface area (TPSA) is 84.9 Å². The molecule has 0 saturated carbocycles. The Morgan fingerprint density at radius 3 is 1.94 bits per heavy atom. The number of hydrogen-bond donors (Lipinski definition) is 1. The van der Waals surface area contributed by atoms with E-state index in [9.17, 15) is 14.4 Å². The van der Waals surface area contributed by atoms with Crippen LogP contribution in [0.5, 0.6) is 0 Å². The van der Waals surface area contributed by atoms with E-state index in [0.29, 0.717) is 5.01 Å². The summed E-state index contributed by atoms with van der Waals surface area (Å²) in [6.45, 7) is 8.14. The van der Waals surface area contributed by atoms with Crippen molar-refractivity contribution in [3.63, 3.8) is 0 Å². The molecule has 0 bridgehead atoms. The van der Waals surface area contributed by atoms with Gasteiger partial charge in [-0.1, -0.05) is 6.92 Å². The minimum absolute atomic E-state index is 0.0507. The Balaban J connectivity index is 4.64. The van der Waals surface area contributed by atoms with Gasteiger partial charge in [0.1, 0.15) is 0 Å². The average Bonchev–Trinajstić information content (AvgIpc) is 2.22. The molecule has 1 N–H and O–H groups in total. The zero-order valence-electron chi connectivity index (χ0n) is 11.4. The van der Waals surface area contributed by atoms with Crippen LogP contribution in [0, 0.1) is 0 Å². The van der Waals surface area contributed by atoms with E-state index in [4.69, 9.17) is 9.47 Å². The number of nitrogens with one attached hydrogen (secondary N) is 1. The number of hydrazine groups is 1. The molecule has 0 aliphatic heterocycles. The van der Waals surface area contributed by atoms with Crippen molar-refractivity contribution in [2.75, 3.05) is 0 Å². The third-order valence-corrected chi connectivity index (χ3v) is 1.62. The van der Waals surface area contributed by atoms with Crippen LogP contribution in [0.4, 0.5) is 9.59 Å². The number of carbonyl (C=O) groups excluding carboxylic acids is 3. The smallest absolute Gasteiger partial charge is 0.436 e. The van der Waals surface area contributed by atoms with Gasteiger partial charge in [0.15, 0.2) is 0 Å². The van der Waals surface area contributed by atoms with Crippen LogP contribution in [-0.2, 0) is 14.3 Å². The Bertz CT molecular complexity index is 315. The van der Waals surface area contributed by atoms with Crippen LogP contribution in [0.25, 0.3) is 0 Å². The van der Waals surface area contributed by atoms with E-state index in [2.05, 4.69) is 5.43 Å². The molecular weight excluding hydrogens is 240 g/mol. The molecule has 3 amide bonds. The molecule has 0 aromatic rings. The maximum absolute atomic E-state index is 11.6. The second kappa shape index (κ2) is 7.52. The van der Waals surface area contributed by atoms with E-state index in [1.165, 1.54) is 0 Å². The number of ether oxygens (including phenoxy) is 2. The van der Waals surface area contributed by atoms with E-state index >= 15 is 0 Å². The molecule has 18 heavy (non-hydrogen) atoms. The molecular formula is C11H20N2O5. The third-order valence-electron chi connectivity index (χ3n) is 1.62. The number of rotatable bonds is 3. The molecule has 0 rings (SSSR count). The molecule has 0 atom stereocenters.